The van der Waals surface area contributed by atoms with E-state index in [1.165, 1.54) is 17.8 Å². The van der Waals surface area contributed by atoms with E-state index in [2.05, 4.69) is 10.9 Å². The van der Waals surface area contributed by atoms with Crippen molar-refractivity contribution in [1.82, 2.24) is 4.57 Å². The van der Waals surface area contributed by atoms with E-state index >= 15 is 0 Å². The fourth-order valence-corrected chi connectivity index (χ4v) is 2.56. The molecule has 0 radical (unpaired) electrons. The summed E-state index contributed by atoms with van der Waals surface area (Å²) in [5.74, 6) is 0. The van der Waals surface area contributed by atoms with Gasteiger partial charge in [0.15, 0.2) is 0 Å². The van der Waals surface area contributed by atoms with Gasteiger partial charge in [-0.1, -0.05) is 18.2 Å². The molecule has 0 saturated heterocycles. The van der Waals surface area contributed by atoms with Gasteiger partial charge in [0.25, 0.3) is 11.8 Å². The van der Waals surface area contributed by atoms with Crippen LogP contribution in [0.2, 0.25) is 0 Å². The van der Waals surface area contributed by atoms with E-state index in [1.807, 2.05) is 16.7 Å². The Kier molecular flexibility index (Phi) is 2.16. The van der Waals surface area contributed by atoms with Crippen molar-refractivity contribution in [2.24, 2.45) is 0 Å². The van der Waals surface area contributed by atoms with Gasteiger partial charge < -0.3 is 10.1 Å². The average Bonchev–Trinajstić information content (AvgIpc) is 2.35. The summed E-state index contributed by atoms with van der Waals surface area (Å²) >= 11 is 0. The maximum Gasteiger partial charge on any atom is 0.288 e. The summed E-state index contributed by atoms with van der Waals surface area (Å²) in [4.78, 5) is 15.0. The zero-order valence-electron chi connectivity index (χ0n) is 9.26. The molecule has 0 aliphatic carbocycles. The molecule has 1 aliphatic rings. The Morgan fingerprint density at radius 1 is 1.41 bits per heavy atom. The lowest BCUT2D eigenvalue weighted by Crippen LogP contribution is -2.24. The highest BCUT2D eigenvalue weighted by Crippen LogP contribution is 2.24. The van der Waals surface area contributed by atoms with Gasteiger partial charge in [0, 0.05) is 18.0 Å². The second kappa shape index (κ2) is 3.68. The van der Waals surface area contributed by atoms with Crippen molar-refractivity contribution in [3.05, 3.63) is 51.3 Å². The van der Waals surface area contributed by atoms with Gasteiger partial charge in [-0.3, -0.25) is 4.79 Å². The molecule has 2 heterocycles. The quantitative estimate of drug-likeness (QED) is 0.413. The summed E-state index contributed by atoms with van der Waals surface area (Å²) in [6.07, 6.45) is 3.31. The van der Waals surface area contributed by atoms with E-state index in [0.717, 1.165) is 30.3 Å². The third-order valence-electron chi connectivity index (χ3n) is 3.27. The zero-order chi connectivity index (χ0) is 11.8. The molecule has 4 heteroatoms. The second-order valence-electron chi connectivity index (χ2n) is 4.25. The Balaban J connectivity index is 2.54. The van der Waals surface area contributed by atoms with Crippen molar-refractivity contribution in [3.8, 4) is 0 Å². The van der Waals surface area contributed by atoms with Crippen molar-refractivity contribution in [2.75, 3.05) is 0 Å². The number of nitrogens with zero attached hydrogens (tertiary/aromatic N) is 3. The molecule has 0 bridgehead atoms. The van der Waals surface area contributed by atoms with Crippen molar-refractivity contribution >= 4 is 17.1 Å². The number of aryl methyl sites for hydroxylation is 2. The standard InChI is InChI=1S/C13H11N3O/c14-15-8-10-7-12(17)16-6-2-4-9-3-1-5-11(10)13(9)16/h1,3,5,7-8H,2,4,6H2. The number of benzene rings is 1. The Bertz CT molecular complexity index is 708. The first-order valence-corrected chi connectivity index (χ1v) is 5.64. The maximum atomic E-state index is 12.0. The van der Waals surface area contributed by atoms with Gasteiger partial charge in [0.1, 0.15) is 0 Å². The molecule has 84 valence electrons. The van der Waals surface area contributed by atoms with Crippen LogP contribution >= 0.6 is 0 Å². The largest absolute Gasteiger partial charge is 0.361 e. The first-order valence-electron chi connectivity index (χ1n) is 5.64. The number of rotatable bonds is 1. The summed E-state index contributed by atoms with van der Waals surface area (Å²) in [6.45, 7) is 0.767. The molecule has 1 aromatic heterocycles. The zero-order valence-corrected chi connectivity index (χ0v) is 9.26. The van der Waals surface area contributed by atoms with Crippen LogP contribution in [-0.2, 0) is 13.0 Å². The van der Waals surface area contributed by atoms with Gasteiger partial charge in [0.05, 0.1) is 11.1 Å². The molecular weight excluding hydrogens is 214 g/mol. The molecular formula is C13H11N3O. The van der Waals surface area contributed by atoms with Crippen molar-refractivity contribution in [3.63, 3.8) is 0 Å². The molecule has 0 amide bonds. The summed E-state index contributed by atoms with van der Waals surface area (Å²) in [5.41, 5.74) is 11.5. The maximum absolute atomic E-state index is 12.0. The number of pyridine rings is 1. The van der Waals surface area contributed by atoms with E-state index in [4.69, 9.17) is 5.53 Å². The molecule has 1 aromatic carbocycles. The first-order chi connectivity index (χ1) is 8.31. The van der Waals surface area contributed by atoms with Crippen LogP contribution in [0, 0.1) is 0 Å². The monoisotopic (exact) mass is 225 g/mol. The molecule has 17 heavy (non-hydrogen) atoms. The third kappa shape index (κ3) is 1.42. The van der Waals surface area contributed by atoms with Crippen LogP contribution in [0.5, 0.6) is 0 Å². The van der Waals surface area contributed by atoms with Crippen molar-refractivity contribution in [2.45, 2.75) is 19.4 Å². The van der Waals surface area contributed by atoms with Crippen LogP contribution in [0.4, 0.5) is 0 Å². The SMILES string of the molecule is [N-]=[N+]=Cc1cc(=O)n2c3c(cccc13)CCC2. The predicted molar refractivity (Wildman–Crippen MR) is 65.3 cm³/mol. The normalized spacial score (nSPS) is 13.4. The van der Waals surface area contributed by atoms with Crippen LogP contribution in [-0.4, -0.2) is 15.6 Å². The minimum atomic E-state index is -0.0282. The Hall–Kier alpha value is -2.19. The first kappa shape index (κ1) is 10.00. The highest BCUT2D eigenvalue weighted by atomic mass is 16.1. The van der Waals surface area contributed by atoms with Crippen molar-refractivity contribution < 1.29 is 4.79 Å². The van der Waals surface area contributed by atoms with E-state index in [-0.39, 0.29) is 5.56 Å². The summed E-state index contributed by atoms with van der Waals surface area (Å²) in [5, 5.41) is 0.972. The molecule has 0 saturated carbocycles. The summed E-state index contributed by atoms with van der Waals surface area (Å²) < 4.78 is 1.81. The lowest BCUT2D eigenvalue weighted by atomic mass is 9.99. The lowest BCUT2D eigenvalue weighted by Gasteiger charge is -2.19. The van der Waals surface area contributed by atoms with Gasteiger partial charge in [-0.15, -0.1) is 0 Å². The van der Waals surface area contributed by atoms with Crippen LogP contribution < -0.4 is 5.56 Å². The fourth-order valence-electron chi connectivity index (χ4n) is 2.56. The van der Waals surface area contributed by atoms with Gasteiger partial charge >= 0.3 is 0 Å². The minimum Gasteiger partial charge on any atom is -0.361 e. The number of hydrogen-bond acceptors (Lipinski definition) is 1. The summed E-state index contributed by atoms with van der Waals surface area (Å²) in [7, 11) is 0. The Morgan fingerprint density at radius 3 is 3.12 bits per heavy atom. The van der Waals surface area contributed by atoms with Gasteiger partial charge in [0.2, 0.25) is 0 Å². The third-order valence-corrected chi connectivity index (χ3v) is 3.27. The molecule has 4 nitrogen and oxygen atoms in total. The van der Waals surface area contributed by atoms with Gasteiger partial charge in [-0.2, -0.15) is 4.79 Å². The molecule has 0 atom stereocenters. The molecule has 0 unspecified atom stereocenters. The lowest BCUT2D eigenvalue weighted by molar-refractivity contribution is 0.00465. The molecule has 0 fully saturated rings. The van der Waals surface area contributed by atoms with Crippen LogP contribution in [0.15, 0.2) is 29.1 Å². The minimum absolute atomic E-state index is 0.0282. The van der Waals surface area contributed by atoms with E-state index in [1.54, 1.807) is 0 Å². The van der Waals surface area contributed by atoms with E-state index in [9.17, 15) is 4.79 Å². The average molecular weight is 225 g/mol. The smallest absolute Gasteiger partial charge is 0.288 e. The fraction of sp³-hybridized carbons (Fsp3) is 0.231. The molecule has 3 rings (SSSR count). The molecule has 0 spiro atoms. The molecule has 1 aliphatic heterocycles. The number of para-hydroxylation sites is 1. The molecule has 0 N–H and O–H groups in total. The highest BCUT2D eigenvalue weighted by Gasteiger charge is 2.16. The van der Waals surface area contributed by atoms with Gasteiger partial charge in [-0.25, -0.2) is 0 Å². The number of aromatic nitrogens is 1. The second-order valence-corrected chi connectivity index (χ2v) is 4.25. The summed E-state index contributed by atoms with van der Waals surface area (Å²) in [6, 6.07) is 7.51. The van der Waals surface area contributed by atoms with E-state index < -0.39 is 0 Å². The Morgan fingerprint density at radius 2 is 2.29 bits per heavy atom. The predicted octanol–water partition coefficient (Wildman–Crippen LogP) is 1.60. The number of hydrogen-bond donors (Lipinski definition) is 0. The van der Waals surface area contributed by atoms with Crippen molar-refractivity contribution in [1.29, 1.82) is 0 Å². The van der Waals surface area contributed by atoms with Crippen LogP contribution in [0.3, 0.4) is 0 Å². The van der Waals surface area contributed by atoms with Crippen LogP contribution in [0.25, 0.3) is 16.4 Å². The highest BCUT2D eigenvalue weighted by molar-refractivity contribution is 5.97. The topological polar surface area (TPSA) is 58.4 Å². The Labute approximate surface area is 97.7 Å². The van der Waals surface area contributed by atoms with E-state index in [0.29, 0.717) is 5.56 Å². The van der Waals surface area contributed by atoms with Crippen LogP contribution in [0.1, 0.15) is 17.5 Å². The van der Waals surface area contributed by atoms with Gasteiger partial charge in [-0.05, 0) is 18.4 Å². The molecule has 2 aromatic rings.